The van der Waals surface area contributed by atoms with E-state index in [-0.39, 0.29) is 65.5 Å². The first-order valence-corrected chi connectivity index (χ1v) is 9.35. The monoisotopic (exact) mass is 464 g/mol. The number of esters is 1. The fraction of sp³-hybridized carbons (Fsp3) is 0.182. The molecule has 166 valence electrons. The number of allylic oxidation sites excluding steroid dienone is 3. The topological polar surface area (TPSA) is 145 Å². The summed E-state index contributed by atoms with van der Waals surface area (Å²) < 4.78 is 23.3. The second kappa shape index (κ2) is 8.71. The van der Waals surface area contributed by atoms with Crippen molar-refractivity contribution in [3.05, 3.63) is 81.2 Å². The molecule has 0 saturated carbocycles. The average Bonchev–Trinajstić information content (AvgIpc) is 2.92. The quantitative estimate of drug-likeness (QED) is 0.247. The SMILES string of the molecule is COC(=O)C1=CC(OC)(C(N)=O)C2=C3C(=O)C(=O)C(=C3Cc3ccc(F)cc3)NC2=C1O.[H-].[Na+]. The van der Waals surface area contributed by atoms with Gasteiger partial charge in [-0.25, -0.2) is 9.18 Å². The number of carbonyl (C=O) groups excluding carboxylic acids is 4. The van der Waals surface area contributed by atoms with Crippen molar-refractivity contribution in [1.82, 2.24) is 5.32 Å². The van der Waals surface area contributed by atoms with E-state index in [0.29, 0.717) is 5.56 Å². The molecule has 0 aromatic heterocycles. The number of carbonyl (C=O) groups is 4. The smallest absolute Gasteiger partial charge is 1.00 e. The summed E-state index contributed by atoms with van der Waals surface area (Å²) in [5, 5.41) is 13.4. The molecule has 1 aromatic carbocycles. The van der Waals surface area contributed by atoms with Gasteiger partial charge in [-0.3, -0.25) is 14.4 Å². The van der Waals surface area contributed by atoms with E-state index in [4.69, 9.17) is 10.5 Å². The molecule has 4 N–H and O–H groups in total. The zero-order valence-corrected chi connectivity index (χ0v) is 19.9. The number of amides is 1. The Hall–Kier alpha value is -3.05. The zero-order valence-electron chi connectivity index (χ0n) is 18.9. The number of aliphatic hydroxyl groups excluding tert-OH is 1. The van der Waals surface area contributed by atoms with Crippen molar-refractivity contribution in [2.24, 2.45) is 5.73 Å². The number of hydrogen-bond acceptors (Lipinski definition) is 8. The van der Waals surface area contributed by atoms with Crippen molar-refractivity contribution in [2.45, 2.75) is 12.0 Å². The summed E-state index contributed by atoms with van der Waals surface area (Å²) in [5.74, 6) is -5.00. The van der Waals surface area contributed by atoms with E-state index in [0.717, 1.165) is 20.3 Å². The van der Waals surface area contributed by atoms with E-state index in [2.05, 4.69) is 10.1 Å². The largest absolute Gasteiger partial charge is 1.00 e. The van der Waals surface area contributed by atoms with Crippen LogP contribution in [0, 0.1) is 5.82 Å². The van der Waals surface area contributed by atoms with Gasteiger partial charge in [-0.15, -0.1) is 0 Å². The van der Waals surface area contributed by atoms with E-state index in [1.807, 2.05) is 0 Å². The molecule has 0 spiro atoms. The van der Waals surface area contributed by atoms with E-state index in [1.165, 1.54) is 24.3 Å². The maximum Gasteiger partial charge on any atom is 1.00 e. The molecule has 9 nitrogen and oxygen atoms in total. The molecule has 2 bridgehead atoms. The van der Waals surface area contributed by atoms with Crippen LogP contribution in [-0.4, -0.2) is 48.4 Å². The second-order valence-electron chi connectivity index (χ2n) is 7.27. The number of fused-ring (bicyclic) bond motifs is 2. The Morgan fingerprint density at radius 2 is 1.79 bits per heavy atom. The van der Waals surface area contributed by atoms with Crippen molar-refractivity contribution in [2.75, 3.05) is 14.2 Å². The van der Waals surface area contributed by atoms with E-state index >= 15 is 0 Å². The van der Waals surface area contributed by atoms with Gasteiger partial charge in [0, 0.05) is 24.7 Å². The maximum absolute atomic E-state index is 13.3. The number of ketones is 2. The molecular formula is C22H18FN2NaO7. The van der Waals surface area contributed by atoms with E-state index in [1.54, 1.807) is 0 Å². The van der Waals surface area contributed by atoms with Gasteiger partial charge in [0.05, 0.1) is 18.5 Å². The van der Waals surface area contributed by atoms with Crippen molar-refractivity contribution < 1.29 is 69.1 Å². The Morgan fingerprint density at radius 1 is 1.15 bits per heavy atom. The van der Waals surface area contributed by atoms with Gasteiger partial charge in [0.2, 0.25) is 11.6 Å². The fourth-order valence-electron chi connectivity index (χ4n) is 4.07. The van der Waals surface area contributed by atoms with Crippen LogP contribution in [0.2, 0.25) is 0 Å². The van der Waals surface area contributed by atoms with Gasteiger partial charge in [-0.2, -0.15) is 0 Å². The summed E-state index contributed by atoms with van der Waals surface area (Å²) in [5.41, 5.74) is 3.13. The van der Waals surface area contributed by atoms with Gasteiger partial charge in [0.15, 0.2) is 11.4 Å². The molecular weight excluding hydrogens is 446 g/mol. The van der Waals surface area contributed by atoms with Crippen LogP contribution in [0.4, 0.5) is 4.39 Å². The van der Waals surface area contributed by atoms with Gasteiger partial charge >= 0.3 is 35.5 Å². The van der Waals surface area contributed by atoms with Gasteiger partial charge in [-0.1, -0.05) is 12.1 Å². The van der Waals surface area contributed by atoms with Crippen LogP contribution in [0.1, 0.15) is 6.99 Å². The third kappa shape index (κ3) is 3.55. The maximum atomic E-state index is 13.3. The summed E-state index contributed by atoms with van der Waals surface area (Å²) in [6.45, 7) is 0. The van der Waals surface area contributed by atoms with Crippen LogP contribution in [0.15, 0.2) is 69.8 Å². The van der Waals surface area contributed by atoms with E-state index in [9.17, 15) is 28.7 Å². The fourth-order valence-corrected chi connectivity index (χ4v) is 4.07. The number of methoxy groups -OCH3 is 2. The van der Waals surface area contributed by atoms with E-state index < -0.39 is 46.2 Å². The first-order chi connectivity index (χ1) is 15.2. The molecule has 0 radical (unpaired) electrons. The number of aliphatic hydroxyl groups is 1. The number of nitrogens with one attached hydrogen (secondary N) is 1. The number of Topliss-reactive ketones (excluding diaryl/α,β-unsaturated/α-hetero) is 2. The standard InChI is InChI=1S/C22H17FN2O7.Na.H/c1-31-20(29)12-8-22(32-2,21(24)30)14-13-11(7-9-3-5-10(23)6-4-9)15(19(28)18(13)27)25-16(14)17(12)26;;/h3-6,8,25-26H,7H2,1-2H3,(H2,24,30);;/q;+1;-1. The Balaban J connectivity index is 0.00000204. The Kier molecular flexibility index (Phi) is 6.49. The summed E-state index contributed by atoms with van der Waals surface area (Å²) in [6.07, 6.45) is 1.000. The van der Waals surface area contributed by atoms with Crippen LogP contribution in [0.3, 0.4) is 0 Å². The molecule has 1 unspecified atom stereocenters. The van der Waals surface area contributed by atoms with Crippen molar-refractivity contribution in [1.29, 1.82) is 0 Å². The number of primary amides is 1. The van der Waals surface area contributed by atoms with Gasteiger partial charge in [-0.05, 0) is 29.3 Å². The Bertz CT molecular complexity index is 1250. The molecule has 1 aromatic rings. The number of benzene rings is 1. The van der Waals surface area contributed by atoms with Crippen LogP contribution >= 0.6 is 0 Å². The average molecular weight is 464 g/mol. The first kappa shape index (κ1) is 24.6. The molecule has 4 rings (SSSR count). The number of dihydropyridines is 1. The van der Waals surface area contributed by atoms with Gasteiger partial charge < -0.3 is 27.1 Å². The third-order valence-corrected chi connectivity index (χ3v) is 5.61. The Labute approximate surface area is 210 Å². The predicted molar refractivity (Wildman–Crippen MR) is 107 cm³/mol. The van der Waals surface area contributed by atoms with Crippen molar-refractivity contribution in [3.8, 4) is 0 Å². The molecule has 0 fully saturated rings. The summed E-state index contributed by atoms with van der Waals surface area (Å²) in [7, 11) is 2.20. The Morgan fingerprint density at radius 3 is 2.33 bits per heavy atom. The van der Waals surface area contributed by atoms with Gasteiger partial charge in [0.1, 0.15) is 11.4 Å². The minimum Gasteiger partial charge on any atom is -1.00 e. The minimum absolute atomic E-state index is 0. The molecule has 1 aliphatic heterocycles. The van der Waals surface area contributed by atoms with Crippen LogP contribution in [-0.2, 0) is 35.1 Å². The van der Waals surface area contributed by atoms with Crippen molar-refractivity contribution in [3.63, 3.8) is 0 Å². The van der Waals surface area contributed by atoms with Gasteiger partial charge in [0.25, 0.3) is 5.91 Å². The summed E-state index contributed by atoms with van der Waals surface area (Å²) in [4.78, 5) is 50.4. The molecule has 1 atom stereocenters. The molecule has 0 saturated heterocycles. The van der Waals surface area contributed by atoms with Crippen molar-refractivity contribution >= 4 is 23.4 Å². The number of nitrogens with two attached hydrogens (primary N) is 1. The molecule has 1 heterocycles. The number of rotatable bonds is 5. The molecule has 11 heteroatoms. The number of halogens is 1. The van der Waals surface area contributed by atoms with Crippen LogP contribution < -0.4 is 40.6 Å². The predicted octanol–water partition coefficient (Wildman–Crippen LogP) is -2.46. The van der Waals surface area contributed by atoms with Crippen LogP contribution in [0.5, 0.6) is 0 Å². The van der Waals surface area contributed by atoms with Crippen LogP contribution in [0.25, 0.3) is 0 Å². The summed E-state index contributed by atoms with van der Waals surface area (Å²) >= 11 is 0. The molecule has 33 heavy (non-hydrogen) atoms. The zero-order chi connectivity index (χ0) is 23.4. The third-order valence-electron chi connectivity index (χ3n) is 5.61. The summed E-state index contributed by atoms with van der Waals surface area (Å²) in [6, 6.07) is 5.43. The first-order valence-electron chi connectivity index (χ1n) is 9.35. The minimum atomic E-state index is -2.16. The molecule has 3 aliphatic rings. The number of hydrogen-bond donors (Lipinski definition) is 3. The molecule has 2 aliphatic carbocycles. The molecule has 1 amide bonds. The normalized spacial score (nSPS) is 21.4. The number of ether oxygens (including phenoxy) is 2. The second-order valence-corrected chi connectivity index (χ2v) is 7.27.